The number of amides is 2. The Labute approximate surface area is 162 Å². The largest absolute Gasteiger partial charge is 0.496 e. The van der Waals surface area contributed by atoms with E-state index in [1.165, 1.54) is 11.3 Å². The van der Waals surface area contributed by atoms with Gasteiger partial charge < -0.3 is 24.0 Å². The Morgan fingerprint density at radius 2 is 1.56 bits per heavy atom. The van der Waals surface area contributed by atoms with Crippen LogP contribution < -0.4 is 14.2 Å². The Morgan fingerprint density at radius 3 is 2.11 bits per heavy atom. The van der Waals surface area contributed by atoms with Crippen molar-refractivity contribution in [3.63, 3.8) is 0 Å². The van der Waals surface area contributed by atoms with Gasteiger partial charge in [0.1, 0.15) is 17.2 Å². The Bertz CT molecular complexity index is 763. The molecule has 1 aliphatic rings. The van der Waals surface area contributed by atoms with Gasteiger partial charge in [0.2, 0.25) is 0 Å². The summed E-state index contributed by atoms with van der Waals surface area (Å²) in [6.07, 6.45) is 0. The van der Waals surface area contributed by atoms with Gasteiger partial charge in [-0.25, -0.2) is 0 Å². The van der Waals surface area contributed by atoms with E-state index in [-0.39, 0.29) is 18.4 Å². The van der Waals surface area contributed by atoms with Crippen LogP contribution in [-0.4, -0.2) is 68.6 Å². The van der Waals surface area contributed by atoms with Crippen LogP contribution in [-0.2, 0) is 4.79 Å². The molecule has 1 aromatic carbocycles. The molecule has 1 aromatic heterocycles. The lowest BCUT2D eigenvalue weighted by Crippen LogP contribution is -2.51. The van der Waals surface area contributed by atoms with Crippen molar-refractivity contribution in [1.29, 1.82) is 0 Å². The van der Waals surface area contributed by atoms with E-state index in [1.807, 2.05) is 17.5 Å². The predicted octanol–water partition coefficient (Wildman–Crippen LogP) is 2.13. The van der Waals surface area contributed by atoms with Crippen LogP contribution in [0.2, 0.25) is 0 Å². The fraction of sp³-hybridized carbons (Fsp3) is 0.368. The van der Waals surface area contributed by atoms with E-state index in [1.54, 1.807) is 42.2 Å². The van der Waals surface area contributed by atoms with Crippen LogP contribution in [0.3, 0.4) is 0 Å². The number of methoxy groups -OCH3 is 2. The molecule has 144 valence electrons. The zero-order valence-corrected chi connectivity index (χ0v) is 16.2. The normalized spacial score (nSPS) is 14.0. The summed E-state index contributed by atoms with van der Waals surface area (Å²) in [6.45, 7) is 1.97. The van der Waals surface area contributed by atoms with Gasteiger partial charge in [-0.3, -0.25) is 9.59 Å². The van der Waals surface area contributed by atoms with Crippen LogP contribution in [0.15, 0.2) is 35.7 Å². The molecule has 2 amide bonds. The van der Waals surface area contributed by atoms with Crippen molar-refractivity contribution in [2.45, 2.75) is 0 Å². The molecule has 1 saturated heterocycles. The van der Waals surface area contributed by atoms with Crippen molar-refractivity contribution in [3.05, 3.63) is 40.6 Å². The van der Waals surface area contributed by atoms with Crippen LogP contribution >= 0.6 is 11.3 Å². The van der Waals surface area contributed by atoms with Gasteiger partial charge >= 0.3 is 0 Å². The highest BCUT2D eigenvalue weighted by Gasteiger charge is 2.25. The van der Waals surface area contributed by atoms with Gasteiger partial charge in [-0.15, -0.1) is 11.3 Å². The summed E-state index contributed by atoms with van der Waals surface area (Å²) < 4.78 is 16.0. The number of nitrogens with zero attached hydrogens (tertiary/aromatic N) is 2. The van der Waals surface area contributed by atoms with Crippen LogP contribution in [0, 0.1) is 0 Å². The molecular formula is C19H22N2O5S. The van der Waals surface area contributed by atoms with Crippen LogP contribution in [0.4, 0.5) is 0 Å². The molecular weight excluding hydrogens is 368 g/mol. The van der Waals surface area contributed by atoms with E-state index >= 15 is 0 Å². The molecule has 0 aliphatic carbocycles. The molecule has 1 aliphatic heterocycles. The molecule has 2 heterocycles. The first-order chi connectivity index (χ1) is 13.1. The first-order valence-electron chi connectivity index (χ1n) is 8.57. The average molecular weight is 390 g/mol. The summed E-state index contributed by atoms with van der Waals surface area (Å²) in [7, 11) is 3.11. The van der Waals surface area contributed by atoms with E-state index in [9.17, 15) is 9.59 Å². The fourth-order valence-corrected chi connectivity index (χ4v) is 3.51. The quantitative estimate of drug-likeness (QED) is 0.756. The molecule has 3 rings (SSSR count). The summed E-state index contributed by atoms with van der Waals surface area (Å²) in [6, 6.07) is 8.82. The fourth-order valence-electron chi connectivity index (χ4n) is 2.82. The van der Waals surface area contributed by atoms with Gasteiger partial charge in [0.25, 0.3) is 11.8 Å². The predicted molar refractivity (Wildman–Crippen MR) is 102 cm³/mol. The van der Waals surface area contributed by atoms with Gasteiger partial charge in [0.05, 0.1) is 19.1 Å². The number of carbonyl (C=O) groups is 2. The highest BCUT2D eigenvalue weighted by Crippen LogP contribution is 2.27. The van der Waals surface area contributed by atoms with E-state index in [4.69, 9.17) is 14.2 Å². The first-order valence-corrected chi connectivity index (χ1v) is 9.45. The zero-order chi connectivity index (χ0) is 19.2. The maximum atomic E-state index is 12.4. The second-order valence-electron chi connectivity index (χ2n) is 5.99. The molecule has 0 N–H and O–H groups in total. The van der Waals surface area contributed by atoms with Gasteiger partial charge in [-0.2, -0.15) is 0 Å². The number of hydrogen-bond donors (Lipinski definition) is 0. The van der Waals surface area contributed by atoms with Gasteiger partial charge in [0.15, 0.2) is 6.61 Å². The summed E-state index contributed by atoms with van der Waals surface area (Å²) in [5.41, 5.74) is 0. The number of benzene rings is 1. The van der Waals surface area contributed by atoms with Gasteiger partial charge in [-0.1, -0.05) is 6.07 Å². The Hall–Kier alpha value is -2.74. The summed E-state index contributed by atoms with van der Waals surface area (Å²) in [4.78, 5) is 29.0. The minimum Gasteiger partial charge on any atom is -0.496 e. The maximum Gasteiger partial charge on any atom is 0.264 e. The van der Waals surface area contributed by atoms with Crippen LogP contribution in [0.25, 0.3) is 0 Å². The van der Waals surface area contributed by atoms with Crippen molar-refractivity contribution < 1.29 is 23.8 Å². The second-order valence-corrected chi connectivity index (χ2v) is 6.94. The smallest absolute Gasteiger partial charge is 0.264 e. The topological polar surface area (TPSA) is 68.3 Å². The van der Waals surface area contributed by atoms with Crippen molar-refractivity contribution in [3.8, 4) is 17.2 Å². The Kier molecular flexibility index (Phi) is 6.18. The number of thiophene rings is 1. The first kappa shape index (κ1) is 19.0. The molecule has 7 nitrogen and oxygen atoms in total. The SMILES string of the molecule is COc1cc(OC)cc(OCC(=O)N2CCN(C(=O)c3cccs3)CC2)c1. The molecule has 0 spiro atoms. The molecule has 27 heavy (non-hydrogen) atoms. The Morgan fingerprint density at radius 1 is 0.963 bits per heavy atom. The lowest BCUT2D eigenvalue weighted by molar-refractivity contribution is -0.134. The molecule has 2 aromatic rings. The third-order valence-corrected chi connectivity index (χ3v) is 5.20. The van der Waals surface area contributed by atoms with Gasteiger partial charge in [0, 0.05) is 44.4 Å². The standard InChI is InChI=1S/C19H22N2O5S/c1-24-14-10-15(25-2)12-16(11-14)26-13-18(22)20-5-7-21(8-6-20)19(23)17-4-3-9-27-17/h3-4,9-12H,5-8,13H2,1-2H3. The lowest BCUT2D eigenvalue weighted by atomic mass is 10.3. The van der Waals surface area contributed by atoms with Gasteiger partial charge in [-0.05, 0) is 11.4 Å². The second kappa shape index (κ2) is 8.77. The third-order valence-electron chi connectivity index (χ3n) is 4.34. The number of carbonyl (C=O) groups excluding carboxylic acids is 2. The summed E-state index contributed by atoms with van der Waals surface area (Å²) in [5.74, 6) is 1.61. The van der Waals surface area contributed by atoms with Crippen molar-refractivity contribution in [2.24, 2.45) is 0 Å². The molecule has 0 radical (unpaired) electrons. The molecule has 1 fully saturated rings. The van der Waals surface area contributed by atoms with Crippen molar-refractivity contribution in [2.75, 3.05) is 47.0 Å². The molecule has 0 atom stereocenters. The molecule has 0 bridgehead atoms. The van der Waals surface area contributed by atoms with Crippen molar-refractivity contribution in [1.82, 2.24) is 9.80 Å². The van der Waals surface area contributed by atoms with Crippen LogP contribution in [0.1, 0.15) is 9.67 Å². The van der Waals surface area contributed by atoms with E-state index in [0.717, 1.165) is 4.88 Å². The van der Waals surface area contributed by atoms with E-state index in [0.29, 0.717) is 43.4 Å². The highest BCUT2D eigenvalue weighted by molar-refractivity contribution is 7.12. The van der Waals surface area contributed by atoms with Crippen LogP contribution in [0.5, 0.6) is 17.2 Å². The zero-order valence-electron chi connectivity index (χ0n) is 15.3. The molecule has 0 unspecified atom stereocenters. The lowest BCUT2D eigenvalue weighted by Gasteiger charge is -2.34. The number of rotatable bonds is 6. The van der Waals surface area contributed by atoms with Crippen molar-refractivity contribution >= 4 is 23.2 Å². The van der Waals surface area contributed by atoms with E-state index in [2.05, 4.69) is 0 Å². The summed E-state index contributed by atoms with van der Waals surface area (Å²) in [5, 5.41) is 1.89. The van der Waals surface area contributed by atoms with E-state index < -0.39 is 0 Å². The number of hydrogen-bond acceptors (Lipinski definition) is 6. The molecule has 8 heteroatoms. The minimum absolute atomic E-state index is 0.0248. The molecule has 0 saturated carbocycles. The number of piperazine rings is 1. The minimum atomic E-state index is -0.111. The number of ether oxygens (including phenoxy) is 3. The highest BCUT2D eigenvalue weighted by atomic mass is 32.1. The third kappa shape index (κ3) is 4.71. The monoisotopic (exact) mass is 390 g/mol. The maximum absolute atomic E-state index is 12.4. The Balaban J connectivity index is 1.50. The summed E-state index contributed by atoms with van der Waals surface area (Å²) >= 11 is 1.43. The average Bonchev–Trinajstić information content (AvgIpc) is 3.26.